The van der Waals surface area contributed by atoms with E-state index in [1.807, 2.05) is 18.7 Å². The lowest BCUT2D eigenvalue weighted by molar-refractivity contribution is -0.134. The summed E-state index contributed by atoms with van der Waals surface area (Å²) in [5, 5.41) is 12.9. The third-order valence-corrected chi connectivity index (χ3v) is 2.96. The van der Waals surface area contributed by atoms with Crippen molar-refractivity contribution >= 4 is 5.91 Å². The number of carbonyl (C=O) groups is 1. The fourth-order valence-corrected chi connectivity index (χ4v) is 1.77. The molecular formula is C11H22N2O2. The average Bonchev–Trinajstić information content (AvgIpc) is 2.18. The van der Waals surface area contributed by atoms with Crippen LogP contribution in [0.5, 0.6) is 0 Å². The van der Waals surface area contributed by atoms with Crippen molar-refractivity contribution in [2.75, 3.05) is 26.2 Å². The molecule has 1 saturated heterocycles. The van der Waals surface area contributed by atoms with Gasteiger partial charge in [-0.15, -0.1) is 0 Å². The highest BCUT2D eigenvalue weighted by atomic mass is 16.3. The SMILES string of the molecule is CCNCCC(=O)N1CCC(C)(O)CC1. The molecule has 4 nitrogen and oxygen atoms in total. The lowest BCUT2D eigenvalue weighted by Gasteiger charge is -2.35. The van der Waals surface area contributed by atoms with Crippen molar-refractivity contribution in [3.63, 3.8) is 0 Å². The highest BCUT2D eigenvalue weighted by Gasteiger charge is 2.29. The largest absolute Gasteiger partial charge is 0.390 e. The summed E-state index contributed by atoms with van der Waals surface area (Å²) in [4.78, 5) is 13.5. The summed E-state index contributed by atoms with van der Waals surface area (Å²) < 4.78 is 0. The maximum atomic E-state index is 11.7. The minimum absolute atomic E-state index is 0.200. The van der Waals surface area contributed by atoms with E-state index in [9.17, 15) is 9.90 Å². The van der Waals surface area contributed by atoms with E-state index >= 15 is 0 Å². The molecule has 1 amide bonds. The van der Waals surface area contributed by atoms with E-state index in [4.69, 9.17) is 0 Å². The Morgan fingerprint density at radius 3 is 2.60 bits per heavy atom. The van der Waals surface area contributed by atoms with Crippen molar-refractivity contribution in [2.45, 2.75) is 38.7 Å². The third kappa shape index (κ3) is 4.18. The number of hydrogen-bond donors (Lipinski definition) is 2. The molecule has 2 N–H and O–H groups in total. The topological polar surface area (TPSA) is 52.6 Å². The van der Waals surface area contributed by atoms with E-state index in [2.05, 4.69) is 5.32 Å². The molecule has 0 radical (unpaired) electrons. The molecule has 15 heavy (non-hydrogen) atoms. The molecule has 1 aliphatic heterocycles. The Kier molecular flexibility index (Phi) is 4.54. The zero-order valence-corrected chi connectivity index (χ0v) is 9.75. The van der Waals surface area contributed by atoms with Gasteiger partial charge in [-0.2, -0.15) is 0 Å². The monoisotopic (exact) mass is 214 g/mol. The van der Waals surface area contributed by atoms with Crippen LogP contribution in [0.15, 0.2) is 0 Å². The molecule has 4 heteroatoms. The quantitative estimate of drug-likeness (QED) is 0.664. The molecule has 1 aliphatic rings. The smallest absolute Gasteiger partial charge is 0.223 e. The minimum atomic E-state index is -0.571. The summed E-state index contributed by atoms with van der Waals surface area (Å²) in [6.45, 7) is 6.91. The summed E-state index contributed by atoms with van der Waals surface area (Å²) in [7, 11) is 0. The number of likely N-dealkylation sites (tertiary alicyclic amines) is 1. The van der Waals surface area contributed by atoms with E-state index in [0.29, 0.717) is 32.4 Å². The predicted molar refractivity (Wildman–Crippen MR) is 59.6 cm³/mol. The minimum Gasteiger partial charge on any atom is -0.390 e. The first-order chi connectivity index (χ1) is 7.05. The number of aliphatic hydroxyl groups is 1. The van der Waals surface area contributed by atoms with Crippen molar-refractivity contribution in [1.29, 1.82) is 0 Å². The zero-order valence-electron chi connectivity index (χ0n) is 9.75. The van der Waals surface area contributed by atoms with E-state index in [-0.39, 0.29) is 5.91 Å². The standard InChI is InChI=1S/C11H22N2O2/c1-3-12-7-4-10(14)13-8-5-11(2,15)6-9-13/h12,15H,3-9H2,1-2H3. The number of carbonyl (C=O) groups excluding carboxylic acids is 1. The molecular weight excluding hydrogens is 192 g/mol. The van der Waals surface area contributed by atoms with Gasteiger partial charge in [0.1, 0.15) is 0 Å². The van der Waals surface area contributed by atoms with E-state index in [1.54, 1.807) is 0 Å². The molecule has 0 aromatic heterocycles. The predicted octanol–water partition coefficient (Wildman–Crippen LogP) is 0.359. The van der Waals surface area contributed by atoms with Crippen molar-refractivity contribution in [2.24, 2.45) is 0 Å². The first-order valence-corrected chi connectivity index (χ1v) is 5.76. The van der Waals surface area contributed by atoms with Crippen LogP contribution < -0.4 is 5.32 Å². The Labute approximate surface area is 91.6 Å². The number of rotatable bonds is 4. The Balaban J connectivity index is 2.24. The van der Waals surface area contributed by atoms with Gasteiger partial charge in [0.15, 0.2) is 0 Å². The molecule has 0 aliphatic carbocycles. The lowest BCUT2D eigenvalue weighted by Crippen LogP contribution is -2.45. The molecule has 0 bridgehead atoms. The summed E-state index contributed by atoms with van der Waals surface area (Å²) in [6, 6.07) is 0. The van der Waals surface area contributed by atoms with Crippen LogP contribution in [-0.2, 0) is 4.79 Å². The normalized spacial score (nSPS) is 20.3. The van der Waals surface area contributed by atoms with Gasteiger partial charge in [0.2, 0.25) is 5.91 Å². The van der Waals surface area contributed by atoms with Gasteiger partial charge in [0.05, 0.1) is 5.60 Å². The van der Waals surface area contributed by atoms with Crippen molar-refractivity contribution < 1.29 is 9.90 Å². The van der Waals surface area contributed by atoms with Crippen LogP contribution in [0.3, 0.4) is 0 Å². The van der Waals surface area contributed by atoms with E-state index in [1.165, 1.54) is 0 Å². The fraction of sp³-hybridized carbons (Fsp3) is 0.909. The Morgan fingerprint density at radius 2 is 2.07 bits per heavy atom. The van der Waals surface area contributed by atoms with Gasteiger partial charge in [-0.25, -0.2) is 0 Å². The highest BCUT2D eigenvalue weighted by Crippen LogP contribution is 2.21. The molecule has 0 aromatic carbocycles. The molecule has 0 unspecified atom stereocenters. The molecule has 1 rings (SSSR count). The molecule has 0 aromatic rings. The lowest BCUT2D eigenvalue weighted by atomic mass is 9.94. The van der Waals surface area contributed by atoms with Crippen molar-refractivity contribution in [3.05, 3.63) is 0 Å². The second-order valence-electron chi connectivity index (χ2n) is 4.48. The Hall–Kier alpha value is -0.610. The summed E-state index contributed by atoms with van der Waals surface area (Å²) in [5.41, 5.74) is -0.571. The maximum Gasteiger partial charge on any atom is 0.223 e. The first-order valence-electron chi connectivity index (χ1n) is 5.76. The molecule has 1 fully saturated rings. The van der Waals surface area contributed by atoms with Gasteiger partial charge in [-0.05, 0) is 26.3 Å². The molecule has 1 heterocycles. The third-order valence-electron chi connectivity index (χ3n) is 2.96. The van der Waals surface area contributed by atoms with Gasteiger partial charge >= 0.3 is 0 Å². The van der Waals surface area contributed by atoms with Crippen LogP contribution in [-0.4, -0.2) is 47.7 Å². The van der Waals surface area contributed by atoms with Crippen LogP contribution in [0.1, 0.15) is 33.1 Å². The second kappa shape index (κ2) is 5.47. The van der Waals surface area contributed by atoms with Crippen molar-refractivity contribution in [3.8, 4) is 0 Å². The first kappa shape index (κ1) is 12.5. The summed E-state index contributed by atoms with van der Waals surface area (Å²) >= 11 is 0. The number of amides is 1. The van der Waals surface area contributed by atoms with Gasteiger partial charge in [0, 0.05) is 26.1 Å². The van der Waals surface area contributed by atoms with Crippen molar-refractivity contribution in [1.82, 2.24) is 10.2 Å². The summed E-state index contributed by atoms with van der Waals surface area (Å²) in [6.07, 6.45) is 1.95. The fourth-order valence-electron chi connectivity index (χ4n) is 1.77. The Morgan fingerprint density at radius 1 is 1.47 bits per heavy atom. The summed E-state index contributed by atoms with van der Waals surface area (Å²) in [5.74, 6) is 0.200. The van der Waals surface area contributed by atoms with Gasteiger partial charge in [-0.3, -0.25) is 4.79 Å². The zero-order chi connectivity index (χ0) is 11.3. The van der Waals surface area contributed by atoms with Gasteiger partial charge < -0.3 is 15.3 Å². The average molecular weight is 214 g/mol. The van der Waals surface area contributed by atoms with Gasteiger partial charge in [-0.1, -0.05) is 6.92 Å². The molecule has 88 valence electrons. The highest BCUT2D eigenvalue weighted by molar-refractivity contribution is 5.76. The second-order valence-corrected chi connectivity index (χ2v) is 4.48. The molecule has 0 saturated carbocycles. The Bertz CT molecular complexity index is 207. The van der Waals surface area contributed by atoms with Crippen LogP contribution in [0.2, 0.25) is 0 Å². The number of hydrogen-bond acceptors (Lipinski definition) is 3. The van der Waals surface area contributed by atoms with Gasteiger partial charge in [0.25, 0.3) is 0 Å². The van der Waals surface area contributed by atoms with Crippen LogP contribution in [0.25, 0.3) is 0 Å². The number of nitrogens with zero attached hydrogens (tertiary/aromatic N) is 1. The maximum absolute atomic E-state index is 11.7. The molecule has 0 atom stereocenters. The van der Waals surface area contributed by atoms with Crippen LogP contribution in [0.4, 0.5) is 0 Å². The number of piperidine rings is 1. The number of nitrogens with one attached hydrogen (secondary N) is 1. The van der Waals surface area contributed by atoms with E-state index < -0.39 is 5.60 Å². The van der Waals surface area contributed by atoms with Crippen LogP contribution >= 0.6 is 0 Å². The molecule has 0 spiro atoms. The van der Waals surface area contributed by atoms with E-state index in [0.717, 1.165) is 13.1 Å². The van der Waals surface area contributed by atoms with Crippen LogP contribution in [0, 0.1) is 0 Å².